The third kappa shape index (κ3) is 3.62. The molecule has 100 valence electrons. The maximum atomic E-state index is 5.62. The number of hydrogen-bond donors (Lipinski definition) is 0. The van der Waals surface area contributed by atoms with Crippen LogP contribution in [0.15, 0.2) is 18.2 Å². The Morgan fingerprint density at radius 1 is 1.22 bits per heavy atom. The second kappa shape index (κ2) is 6.61. The lowest BCUT2D eigenvalue weighted by molar-refractivity contribution is -0.138. The van der Waals surface area contributed by atoms with E-state index in [4.69, 9.17) is 18.9 Å². The largest absolute Gasteiger partial charge is 0.454 e. The highest BCUT2D eigenvalue weighted by molar-refractivity contribution is 5.44. The first kappa shape index (κ1) is 13.2. The Labute approximate surface area is 108 Å². The minimum absolute atomic E-state index is 0.179. The third-order valence-electron chi connectivity index (χ3n) is 2.77. The lowest BCUT2D eigenvalue weighted by Crippen LogP contribution is -2.13. The Bertz CT molecular complexity index is 378. The zero-order valence-electron chi connectivity index (χ0n) is 11.0. The maximum Gasteiger partial charge on any atom is 0.231 e. The van der Waals surface area contributed by atoms with Crippen molar-refractivity contribution in [3.8, 4) is 11.5 Å². The summed E-state index contributed by atoms with van der Waals surface area (Å²) in [6.07, 6.45) is 2.02. The normalized spacial score (nSPS) is 14.8. The predicted octanol–water partition coefficient (Wildman–Crippen LogP) is 3.09. The van der Waals surface area contributed by atoms with Crippen molar-refractivity contribution in [1.82, 2.24) is 0 Å². The molecule has 0 bridgehead atoms. The zero-order chi connectivity index (χ0) is 12.8. The number of rotatable bonds is 7. The molecular formula is C14H20O4. The summed E-state index contributed by atoms with van der Waals surface area (Å²) in [5, 5.41) is 0. The van der Waals surface area contributed by atoms with Gasteiger partial charge in [0.05, 0.1) is 6.61 Å². The van der Waals surface area contributed by atoms with E-state index in [1.165, 1.54) is 0 Å². The molecule has 1 aromatic rings. The molecule has 0 aromatic heterocycles. The molecule has 1 atom stereocenters. The van der Waals surface area contributed by atoms with E-state index < -0.39 is 0 Å². The number of hydrogen-bond acceptors (Lipinski definition) is 4. The summed E-state index contributed by atoms with van der Waals surface area (Å²) in [5.74, 6) is 1.58. The molecule has 4 heteroatoms. The Balaban J connectivity index is 1.76. The van der Waals surface area contributed by atoms with Gasteiger partial charge in [-0.05, 0) is 31.0 Å². The van der Waals surface area contributed by atoms with Crippen LogP contribution in [0.1, 0.15) is 32.3 Å². The van der Waals surface area contributed by atoms with Crippen LogP contribution in [0, 0.1) is 0 Å². The first-order valence-corrected chi connectivity index (χ1v) is 6.41. The Kier molecular flexibility index (Phi) is 4.84. The Morgan fingerprint density at radius 2 is 2.06 bits per heavy atom. The first-order chi connectivity index (χ1) is 8.79. The highest BCUT2D eigenvalue weighted by Gasteiger charge is 2.13. The van der Waals surface area contributed by atoms with E-state index in [-0.39, 0.29) is 6.29 Å². The molecular weight excluding hydrogens is 232 g/mol. The average molecular weight is 252 g/mol. The van der Waals surface area contributed by atoms with Crippen LogP contribution in [0.4, 0.5) is 0 Å². The van der Waals surface area contributed by atoms with Gasteiger partial charge in [-0.1, -0.05) is 19.4 Å². The maximum absolute atomic E-state index is 5.62. The van der Waals surface area contributed by atoms with E-state index in [0.29, 0.717) is 13.4 Å². The molecule has 0 saturated heterocycles. The minimum Gasteiger partial charge on any atom is -0.454 e. The van der Waals surface area contributed by atoms with Crippen molar-refractivity contribution < 1.29 is 18.9 Å². The number of unbranched alkanes of at least 4 members (excludes halogenated alkanes) is 1. The molecule has 0 aliphatic carbocycles. The quantitative estimate of drug-likeness (QED) is 0.552. The number of ether oxygens (including phenoxy) is 4. The van der Waals surface area contributed by atoms with Gasteiger partial charge in [-0.15, -0.1) is 0 Å². The van der Waals surface area contributed by atoms with Crippen LogP contribution in [-0.4, -0.2) is 19.7 Å². The molecule has 0 spiro atoms. The van der Waals surface area contributed by atoms with Crippen LogP contribution in [0.25, 0.3) is 0 Å². The van der Waals surface area contributed by atoms with E-state index in [0.717, 1.165) is 36.5 Å². The van der Waals surface area contributed by atoms with Crippen molar-refractivity contribution >= 4 is 0 Å². The molecule has 0 radical (unpaired) electrons. The van der Waals surface area contributed by atoms with Crippen molar-refractivity contribution in [2.75, 3.05) is 13.4 Å². The second-order valence-corrected chi connectivity index (χ2v) is 4.29. The van der Waals surface area contributed by atoms with Crippen molar-refractivity contribution in [1.29, 1.82) is 0 Å². The molecule has 1 aliphatic rings. The summed E-state index contributed by atoms with van der Waals surface area (Å²) in [6, 6.07) is 5.83. The molecule has 18 heavy (non-hydrogen) atoms. The Hall–Kier alpha value is -1.26. The Morgan fingerprint density at radius 3 is 2.89 bits per heavy atom. The van der Waals surface area contributed by atoms with Crippen LogP contribution in [0.5, 0.6) is 11.5 Å². The molecule has 0 saturated carbocycles. The van der Waals surface area contributed by atoms with Gasteiger partial charge in [0.2, 0.25) is 6.79 Å². The zero-order valence-corrected chi connectivity index (χ0v) is 11.0. The monoisotopic (exact) mass is 252 g/mol. The van der Waals surface area contributed by atoms with Crippen molar-refractivity contribution in [3.63, 3.8) is 0 Å². The molecule has 4 nitrogen and oxygen atoms in total. The first-order valence-electron chi connectivity index (χ1n) is 6.41. The smallest absolute Gasteiger partial charge is 0.231 e. The molecule has 1 aliphatic heterocycles. The minimum atomic E-state index is -0.179. The molecule has 0 unspecified atom stereocenters. The van der Waals surface area contributed by atoms with Gasteiger partial charge in [-0.3, -0.25) is 0 Å². The van der Waals surface area contributed by atoms with E-state index in [1.807, 2.05) is 25.1 Å². The average Bonchev–Trinajstić information content (AvgIpc) is 2.84. The van der Waals surface area contributed by atoms with Crippen LogP contribution in [0.3, 0.4) is 0 Å². The highest BCUT2D eigenvalue weighted by atomic mass is 16.7. The second-order valence-electron chi connectivity index (χ2n) is 4.29. The van der Waals surface area contributed by atoms with Crippen LogP contribution >= 0.6 is 0 Å². The predicted molar refractivity (Wildman–Crippen MR) is 67.7 cm³/mol. The fourth-order valence-corrected chi connectivity index (χ4v) is 1.69. The number of fused-ring (bicyclic) bond motifs is 1. The van der Waals surface area contributed by atoms with Gasteiger partial charge in [-0.2, -0.15) is 0 Å². The molecule has 0 amide bonds. The van der Waals surface area contributed by atoms with E-state index in [2.05, 4.69) is 6.92 Å². The molecule has 0 fully saturated rings. The third-order valence-corrected chi connectivity index (χ3v) is 2.77. The molecule has 0 N–H and O–H groups in total. The lowest BCUT2D eigenvalue weighted by atomic mass is 10.2. The summed E-state index contributed by atoms with van der Waals surface area (Å²) < 4.78 is 21.7. The SMILES string of the molecule is CCCCO[C@H](C)OCc1ccc2c(c1)OCO2. The summed E-state index contributed by atoms with van der Waals surface area (Å²) in [4.78, 5) is 0. The van der Waals surface area contributed by atoms with E-state index in [1.54, 1.807) is 0 Å². The summed E-state index contributed by atoms with van der Waals surface area (Å²) >= 11 is 0. The van der Waals surface area contributed by atoms with E-state index in [9.17, 15) is 0 Å². The van der Waals surface area contributed by atoms with E-state index >= 15 is 0 Å². The highest BCUT2D eigenvalue weighted by Crippen LogP contribution is 2.32. The van der Waals surface area contributed by atoms with Gasteiger partial charge >= 0.3 is 0 Å². The van der Waals surface area contributed by atoms with Gasteiger partial charge < -0.3 is 18.9 Å². The van der Waals surface area contributed by atoms with Crippen LogP contribution < -0.4 is 9.47 Å². The topological polar surface area (TPSA) is 36.9 Å². The summed E-state index contributed by atoms with van der Waals surface area (Å²) in [7, 11) is 0. The van der Waals surface area contributed by atoms with Crippen molar-refractivity contribution in [2.45, 2.75) is 39.6 Å². The van der Waals surface area contributed by atoms with Gasteiger partial charge in [0.15, 0.2) is 17.8 Å². The van der Waals surface area contributed by atoms with Gasteiger partial charge in [0.1, 0.15) is 0 Å². The molecule has 1 heterocycles. The van der Waals surface area contributed by atoms with Crippen molar-refractivity contribution in [2.24, 2.45) is 0 Å². The van der Waals surface area contributed by atoms with Gasteiger partial charge in [-0.25, -0.2) is 0 Å². The number of benzene rings is 1. The molecule has 1 aromatic carbocycles. The van der Waals surface area contributed by atoms with Crippen molar-refractivity contribution in [3.05, 3.63) is 23.8 Å². The fraction of sp³-hybridized carbons (Fsp3) is 0.571. The van der Waals surface area contributed by atoms with Crippen LogP contribution in [0.2, 0.25) is 0 Å². The summed E-state index contributed by atoms with van der Waals surface area (Å²) in [6.45, 7) is 5.63. The standard InChI is InChI=1S/C14H20O4/c1-3-4-7-15-11(2)16-9-12-5-6-13-14(8-12)18-10-17-13/h5-6,8,11H,3-4,7,9-10H2,1-2H3/t11-/m0/s1. The molecule has 2 rings (SSSR count). The fourth-order valence-electron chi connectivity index (χ4n) is 1.69. The summed E-state index contributed by atoms with van der Waals surface area (Å²) in [5.41, 5.74) is 1.06. The lowest BCUT2D eigenvalue weighted by Gasteiger charge is -2.14. The van der Waals surface area contributed by atoms with Crippen LogP contribution in [-0.2, 0) is 16.1 Å². The van der Waals surface area contributed by atoms with Gasteiger partial charge in [0, 0.05) is 6.61 Å². The van der Waals surface area contributed by atoms with Gasteiger partial charge in [0.25, 0.3) is 0 Å².